The molecule has 0 aliphatic heterocycles. The number of hydrogen-bond acceptors (Lipinski definition) is 5. The molecule has 1 aromatic rings. The number of aliphatic carboxylic acids is 1. The Morgan fingerprint density at radius 1 is 1.29 bits per heavy atom. The van der Waals surface area contributed by atoms with Gasteiger partial charge in [-0.25, -0.2) is 0 Å². The van der Waals surface area contributed by atoms with Crippen LogP contribution in [0.1, 0.15) is 12.0 Å². The Balaban J connectivity index is 2.65. The van der Waals surface area contributed by atoms with Crippen LogP contribution >= 0.6 is 8.03 Å². The first-order valence-electron chi connectivity index (χ1n) is 6.28. The molecule has 2 atom stereocenters. The third-order valence-electron chi connectivity index (χ3n) is 2.55. The summed E-state index contributed by atoms with van der Waals surface area (Å²) in [7, 11) is -2.35. The normalized spacial score (nSPS) is 12.5. The molecule has 0 aliphatic carbocycles. The van der Waals surface area contributed by atoms with E-state index in [1.165, 1.54) is 0 Å². The summed E-state index contributed by atoms with van der Waals surface area (Å²) >= 11 is 0. The van der Waals surface area contributed by atoms with Crippen molar-refractivity contribution in [1.82, 2.24) is 5.32 Å². The minimum absolute atomic E-state index is 0.0429. The van der Waals surface area contributed by atoms with Gasteiger partial charge >= 0.3 is 14.0 Å². The molecule has 8 heteroatoms. The fourth-order valence-electron chi connectivity index (χ4n) is 1.59. The van der Waals surface area contributed by atoms with Crippen LogP contribution in [0.4, 0.5) is 0 Å². The summed E-state index contributed by atoms with van der Waals surface area (Å²) in [6, 6.07) is 8.97. The predicted molar refractivity (Wildman–Crippen MR) is 75.0 cm³/mol. The maximum atomic E-state index is 11.9. The molecule has 21 heavy (non-hydrogen) atoms. The molecule has 0 radical (unpaired) electrons. The highest BCUT2D eigenvalue weighted by Gasteiger charge is 2.30. The molecule has 0 saturated heterocycles. The number of carbonyl (C=O) groups is 2. The van der Waals surface area contributed by atoms with E-state index in [1.807, 2.05) is 6.07 Å². The number of aliphatic hydroxyl groups is 1. The summed E-state index contributed by atoms with van der Waals surface area (Å²) in [5, 5.41) is 19.7. The van der Waals surface area contributed by atoms with Gasteiger partial charge in [-0.1, -0.05) is 30.3 Å². The number of carbonyl (C=O) groups excluding carboxylic acids is 1. The van der Waals surface area contributed by atoms with E-state index in [2.05, 4.69) is 5.32 Å². The molecule has 0 aromatic heterocycles. The van der Waals surface area contributed by atoms with Gasteiger partial charge in [0.1, 0.15) is 0 Å². The summed E-state index contributed by atoms with van der Waals surface area (Å²) in [6.45, 7) is -0.0429. The molecule has 3 N–H and O–H groups in total. The van der Waals surface area contributed by atoms with Crippen molar-refractivity contribution in [3.8, 4) is 0 Å². The van der Waals surface area contributed by atoms with Gasteiger partial charge in [-0.15, -0.1) is 4.52 Å². The first kappa shape index (κ1) is 17.2. The molecule has 1 rings (SSSR count). The van der Waals surface area contributed by atoms with Crippen molar-refractivity contribution in [3.63, 3.8) is 0 Å². The number of aliphatic hydroxyl groups excluding tert-OH is 1. The van der Waals surface area contributed by atoms with Crippen LogP contribution in [-0.2, 0) is 25.1 Å². The van der Waals surface area contributed by atoms with Gasteiger partial charge in [0.2, 0.25) is 0 Å². The lowest BCUT2D eigenvalue weighted by atomic mass is 10.1. The van der Waals surface area contributed by atoms with E-state index in [0.29, 0.717) is 0 Å². The number of carboxylic acids is 1. The Labute approximate surface area is 122 Å². The van der Waals surface area contributed by atoms with Gasteiger partial charge in [0, 0.05) is 13.0 Å². The molecule has 0 spiro atoms. The summed E-state index contributed by atoms with van der Waals surface area (Å²) < 4.78 is 16.3. The quantitative estimate of drug-likeness (QED) is 0.584. The summed E-state index contributed by atoms with van der Waals surface area (Å²) in [5.41, 5.74) is 0.803. The maximum Gasteiger partial charge on any atom is 0.537 e. The second kappa shape index (κ2) is 9.18. The molecule has 0 heterocycles. The predicted octanol–water partition coefficient (Wildman–Crippen LogP) is 0.897. The Morgan fingerprint density at radius 3 is 2.52 bits per heavy atom. The Morgan fingerprint density at radius 2 is 1.95 bits per heavy atom. The number of nitrogens with one attached hydrogen (secondary N) is 1. The molecule has 0 saturated carbocycles. The standard InChI is InChI=1S/C13H16NO6P/c15-9-21(19)20-11(8-10-4-2-1-3-5-10)13(18)14-7-6-12(16)17/h1-5,11,15H,6-9H2,(H-,14,16,17,18)/p+1/t11-/m0/s1. The molecule has 0 fully saturated rings. The first-order valence-corrected chi connectivity index (χ1v) is 7.65. The fourth-order valence-corrected chi connectivity index (χ4v) is 2.11. The highest BCUT2D eigenvalue weighted by molar-refractivity contribution is 7.38. The lowest BCUT2D eigenvalue weighted by Crippen LogP contribution is -2.37. The van der Waals surface area contributed by atoms with Crippen LogP contribution in [-0.4, -0.2) is 41.1 Å². The highest BCUT2D eigenvalue weighted by atomic mass is 31.1. The Kier molecular flexibility index (Phi) is 7.53. The van der Waals surface area contributed by atoms with Crippen molar-refractivity contribution >= 4 is 19.9 Å². The largest absolute Gasteiger partial charge is 0.537 e. The van der Waals surface area contributed by atoms with Gasteiger partial charge in [-0.2, -0.15) is 0 Å². The van der Waals surface area contributed by atoms with Crippen LogP contribution < -0.4 is 5.32 Å². The van der Waals surface area contributed by atoms with Crippen molar-refractivity contribution in [2.24, 2.45) is 0 Å². The molecular formula is C13H17NO6P+. The van der Waals surface area contributed by atoms with Crippen LogP contribution in [0, 0.1) is 0 Å². The molecular weight excluding hydrogens is 297 g/mol. The molecule has 0 aliphatic rings. The average molecular weight is 314 g/mol. The summed E-state index contributed by atoms with van der Waals surface area (Å²) in [4.78, 5) is 22.3. The summed E-state index contributed by atoms with van der Waals surface area (Å²) in [6.07, 6.45) is -1.75. The zero-order chi connectivity index (χ0) is 15.7. The third kappa shape index (κ3) is 6.94. The highest BCUT2D eigenvalue weighted by Crippen LogP contribution is 2.24. The maximum absolute atomic E-state index is 11.9. The topological polar surface area (TPSA) is 113 Å². The first-order chi connectivity index (χ1) is 10.0. The van der Waals surface area contributed by atoms with Crippen LogP contribution in [0.3, 0.4) is 0 Å². The van der Waals surface area contributed by atoms with Crippen LogP contribution in [0.2, 0.25) is 0 Å². The molecule has 1 unspecified atom stereocenters. The van der Waals surface area contributed by atoms with Crippen molar-refractivity contribution in [2.75, 3.05) is 12.9 Å². The van der Waals surface area contributed by atoms with Crippen LogP contribution in [0.15, 0.2) is 30.3 Å². The van der Waals surface area contributed by atoms with Gasteiger partial charge in [-0.3, -0.25) is 9.59 Å². The molecule has 1 aromatic carbocycles. The van der Waals surface area contributed by atoms with E-state index in [0.717, 1.165) is 5.56 Å². The van der Waals surface area contributed by atoms with E-state index in [4.69, 9.17) is 14.7 Å². The van der Waals surface area contributed by atoms with Gasteiger partial charge in [0.15, 0.2) is 6.10 Å². The number of rotatable bonds is 9. The van der Waals surface area contributed by atoms with Gasteiger partial charge in [-0.05, 0) is 10.1 Å². The van der Waals surface area contributed by atoms with Gasteiger partial charge in [0.05, 0.1) is 6.42 Å². The van der Waals surface area contributed by atoms with Crippen molar-refractivity contribution in [1.29, 1.82) is 0 Å². The zero-order valence-electron chi connectivity index (χ0n) is 11.3. The molecule has 0 bridgehead atoms. The monoisotopic (exact) mass is 314 g/mol. The Bertz CT molecular complexity index is 493. The second-order valence-electron chi connectivity index (χ2n) is 4.19. The SMILES string of the molecule is O=C(O)CCNC(=O)[C@H](Cc1ccccc1)O[P+](=O)CO. The van der Waals surface area contributed by atoms with E-state index >= 15 is 0 Å². The smallest absolute Gasteiger partial charge is 0.481 e. The lowest BCUT2D eigenvalue weighted by Gasteiger charge is -2.11. The lowest BCUT2D eigenvalue weighted by molar-refractivity contribution is -0.137. The molecule has 7 nitrogen and oxygen atoms in total. The average Bonchev–Trinajstić information content (AvgIpc) is 2.47. The molecule has 114 valence electrons. The van der Waals surface area contributed by atoms with Crippen molar-refractivity contribution in [3.05, 3.63) is 35.9 Å². The van der Waals surface area contributed by atoms with Crippen molar-refractivity contribution in [2.45, 2.75) is 18.9 Å². The fraction of sp³-hybridized carbons (Fsp3) is 0.385. The number of carboxylic acid groups (broad SMARTS) is 1. The zero-order valence-corrected chi connectivity index (χ0v) is 12.2. The van der Waals surface area contributed by atoms with E-state index in [-0.39, 0.29) is 19.4 Å². The van der Waals surface area contributed by atoms with Crippen LogP contribution in [0.5, 0.6) is 0 Å². The summed E-state index contributed by atoms with van der Waals surface area (Å²) in [5.74, 6) is -1.59. The number of benzene rings is 1. The number of hydrogen-bond donors (Lipinski definition) is 3. The van der Waals surface area contributed by atoms with E-state index < -0.39 is 32.4 Å². The van der Waals surface area contributed by atoms with Gasteiger partial charge < -0.3 is 15.5 Å². The molecule has 1 amide bonds. The Hall–Kier alpha value is -1.82. The van der Waals surface area contributed by atoms with Crippen molar-refractivity contribution < 1.29 is 28.9 Å². The van der Waals surface area contributed by atoms with Crippen LogP contribution in [0.25, 0.3) is 0 Å². The minimum atomic E-state index is -2.35. The van der Waals surface area contributed by atoms with Gasteiger partial charge in [0.25, 0.3) is 12.3 Å². The van der Waals surface area contributed by atoms with E-state index in [1.54, 1.807) is 24.3 Å². The minimum Gasteiger partial charge on any atom is -0.481 e. The third-order valence-corrected chi connectivity index (χ3v) is 3.28. The van der Waals surface area contributed by atoms with E-state index in [9.17, 15) is 14.2 Å². The second-order valence-corrected chi connectivity index (χ2v) is 5.35. The number of amides is 1.